The summed E-state index contributed by atoms with van der Waals surface area (Å²) < 4.78 is 1.58. The average molecular weight is 313 g/mol. The maximum absolute atomic E-state index is 12.0. The summed E-state index contributed by atoms with van der Waals surface area (Å²) in [5, 5.41) is 3.02. The van der Waals surface area contributed by atoms with E-state index in [1.807, 2.05) is 0 Å². The van der Waals surface area contributed by atoms with Gasteiger partial charge in [-0.05, 0) is 18.6 Å². The highest BCUT2D eigenvalue weighted by Crippen LogP contribution is 2.32. The number of hydrogen-bond acceptors (Lipinski definition) is 4. The summed E-state index contributed by atoms with van der Waals surface area (Å²) in [4.78, 5) is 27.3. The molecule has 1 unspecified atom stereocenters. The van der Waals surface area contributed by atoms with Crippen LogP contribution < -0.4 is 11.1 Å². The normalized spacial score (nSPS) is 19.4. The molecule has 1 aliphatic rings. The quantitative estimate of drug-likeness (QED) is 0.787. The lowest BCUT2D eigenvalue weighted by Crippen LogP contribution is -2.41. The largest absolute Gasteiger partial charge is 0.369 e. The second kappa shape index (κ2) is 4.64. The summed E-state index contributed by atoms with van der Waals surface area (Å²) >= 11 is 11.9. The zero-order valence-corrected chi connectivity index (χ0v) is 11.7. The van der Waals surface area contributed by atoms with E-state index in [0.29, 0.717) is 27.5 Å². The van der Waals surface area contributed by atoms with E-state index in [1.165, 1.54) is 0 Å². The number of carbonyl (C=O) groups excluding carboxylic acids is 2. The van der Waals surface area contributed by atoms with Gasteiger partial charge in [-0.3, -0.25) is 19.5 Å². The molecule has 1 aromatic heterocycles. The molecule has 2 amide bonds. The van der Waals surface area contributed by atoms with Crippen LogP contribution in [0.4, 0.5) is 5.95 Å². The zero-order chi connectivity index (χ0) is 14.4. The van der Waals surface area contributed by atoms with Crippen LogP contribution in [-0.2, 0) is 9.59 Å². The number of halogens is 2. The number of fused-ring (bicyclic) bond motifs is 1. The summed E-state index contributed by atoms with van der Waals surface area (Å²) in [7, 11) is 0. The fourth-order valence-electron chi connectivity index (χ4n) is 2.37. The molecule has 0 spiro atoms. The molecule has 1 aliphatic heterocycles. The van der Waals surface area contributed by atoms with Crippen LogP contribution >= 0.6 is 23.2 Å². The summed E-state index contributed by atoms with van der Waals surface area (Å²) in [6, 6.07) is 2.64. The molecule has 2 aromatic rings. The van der Waals surface area contributed by atoms with Crippen LogP contribution in [0.2, 0.25) is 10.0 Å². The topological polar surface area (TPSA) is 90.0 Å². The number of imidazole rings is 1. The van der Waals surface area contributed by atoms with Crippen molar-refractivity contribution in [3.8, 4) is 0 Å². The molecule has 20 heavy (non-hydrogen) atoms. The van der Waals surface area contributed by atoms with E-state index in [-0.39, 0.29) is 18.3 Å². The summed E-state index contributed by atoms with van der Waals surface area (Å²) in [5.74, 6) is -0.485. The van der Waals surface area contributed by atoms with Crippen LogP contribution in [-0.4, -0.2) is 21.4 Å². The Balaban J connectivity index is 2.16. The van der Waals surface area contributed by atoms with Crippen molar-refractivity contribution in [1.82, 2.24) is 14.9 Å². The molecule has 6 nitrogen and oxygen atoms in total. The van der Waals surface area contributed by atoms with Crippen molar-refractivity contribution in [2.24, 2.45) is 0 Å². The van der Waals surface area contributed by atoms with Gasteiger partial charge >= 0.3 is 0 Å². The standard InChI is InChI=1S/C12H10Cl2N4O2/c13-5-3-7-9(4-6(5)14)18(12(15)16-7)8-1-2-10(19)17-11(8)20/h3-4,8H,1-2H2,(H2,15,16)(H,17,19,20). The van der Waals surface area contributed by atoms with Crippen molar-refractivity contribution in [2.45, 2.75) is 18.9 Å². The van der Waals surface area contributed by atoms with E-state index in [9.17, 15) is 9.59 Å². The molecule has 0 bridgehead atoms. The van der Waals surface area contributed by atoms with Gasteiger partial charge in [0.1, 0.15) is 6.04 Å². The molecule has 3 N–H and O–H groups in total. The van der Waals surface area contributed by atoms with Gasteiger partial charge in [0.05, 0.1) is 21.1 Å². The van der Waals surface area contributed by atoms with E-state index in [4.69, 9.17) is 28.9 Å². The number of nitrogens with one attached hydrogen (secondary N) is 1. The molecule has 1 atom stereocenters. The van der Waals surface area contributed by atoms with Gasteiger partial charge < -0.3 is 5.73 Å². The molecule has 0 aliphatic carbocycles. The second-order valence-corrected chi connectivity index (χ2v) is 5.38. The molecule has 104 valence electrons. The van der Waals surface area contributed by atoms with E-state index >= 15 is 0 Å². The Kier molecular flexibility index (Phi) is 3.07. The number of nitrogens with two attached hydrogens (primary N) is 1. The highest BCUT2D eigenvalue weighted by molar-refractivity contribution is 6.42. The number of amides is 2. The minimum atomic E-state index is -0.574. The fraction of sp³-hybridized carbons (Fsp3) is 0.250. The van der Waals surface area contributed by atoms with Gasteiger partial charge in [0.25, 0.3) is 0 Å². The Hall–Kier alpha value is -1.79. The van der Waals surface area contributed by atoms with Gasteiger partial charge in [0.2, 0.25) is 17.8 Å². The number of aromatic nitrogens is 2. The van der Waals surface area contributed by atoms with Crippen LogP contribution in [0.5, 0.6) is 0 Å². The first-order chi connectivity index (χ1) is 9.47. The van der Waals surface area contributed by atoms with Crippen LogP contribution in [0.15, 0.2) is 12.1 Å². The second-order valence-electron chi connectivity index (χ2n) is 4.56. The molecular formula is C12H10Cl2N4O2. The predicted octanol–water partition coefficient (Wildman–Crippen LogP) is 1.90. The van der Waals surface area contributed by atoms with E-state index in [0.717, 1.165) is 0 Å². The Bertz CT molecular complexity index is 741. The number of nitrogen functional groups attached to an aromatic ring is 1. The third kappa shape index (κ3) is 2.01. The maximum Gasteiger partial charge on any atom is 0.249 e. The SMILES string of the molecule is Nc1nc2cc(Cl)c(Cl)cc2n1C1CCC(=O)NC1=O. The first kappa shape index (κ1) is 13.2. The zero-order valence-electron chi connectivity index (χ0n) is 10.2. The number of rotatable bonds is 1. The molecule has 1 fully saturated rings. The van der Waals surface area contributed by atoms with Gasteiger partial charge in [0.15, 0.2) is 0 Å². The smallest absolute Gasteiger partial charge is 0.249 e. The van der Waals surface area contributed by atoms with Crippen LogP contribution in [0.25, 0.3) is 11.0 Å². The van der Waals surface area contributed by atoms with Gasteiger partial charge in [-0.25, -0.2) is 4.98 Å². The van der Waals surface area contributed by atoms with Gasteiger partial charge in [0, 0.05) is 6.42 Å². The average Bonchev–Trinajstić information content (AvgIpc) is 2.66. The Morgan fingerprint density at radius 3 is 2.70 bits per heavy atom. The maximum atomic E-state index is 12.0. The first-order valence-electron chi connectivity index (χ1n) is 5.93. The molecular weight excluding hydrogens is 303 g/mol. The number of benzene rings is 1. The molecule has 3 rings (SSSR count). The first-order valence-corrected chi connectivity index (χ1v) is 6.69. The van der Waals surface area contributed by atoms with Crippen molar-refractivity contribution < 1.29 is 9.59 Å². The number of hydrogen-bond donors (Lipinski definition) is 2. The van der Waals surface area contributed by atoms with Crippen LogP contribution in [0.3, 0.4) is 0 Å². The minimum absolute atomic E-state index is 0.188. The number of imide groups is 1. The van der Waals surface area contributed by atoms with Crippen molar-refractivity contribution >= 4 is 52.0 Å². The number of piperidine rings is 1. The highest BCUT2D eigenvalue weighted by atomic mass is 35.5. The third-order valence-electron chi connectivity index (χ3n) is 3.28. The monoisotopic (exact) mass is 312 g/mol. The predicted molar refractivity (Wildman–Crippen MR) is 75.6 cm³/mol. The Labute approximate surface area is 123 Å². The van der Waals surface area contributed by atoms with Crippen molar-refractivity contribution in [3.05, 3.63) is 22.2 Å². The van der Waals surface area contributed by atoms with Gasteiger partial charge in [-0.2, -0.15) is 0 Å². The molecule has 2 heterocycles. The van der Waals surface area contributed by atoms with Gasteiger partial charge in [-0.1, -0.05) is 23.2 Å². The van der Waals surface area contributed by atoms with Crippen molar-refractivity contribution in [2.75, 3.05) is 5.73 Å². The molecule has 1 saturated heterocycles. The summed E-state index contributed by atoms with van der Waals surface area (Å²) in [5.41, 5.74) is 7.06. The lowest BCUT2D eigenvalue weighted by Gasteiger charge is -2.23. The lowest BCUT2D eigenvalue weighted by molar-refractivity contribution is -0.135. The Morgan fingerprint density at radius 2 is 2.00 bits per heavy atom. The molecule has 0 saturated carbocycles. The number of anilines is 1. The van der Waals surface area contributed by atoms with Crippen LogP contribution in [0, 0.1) is 0 Å². The number of nitrogens with zero attached hydrogens (tertiary/aromatic N) is 2. The molecule has 0 radical (unpaired) electrons. The van der Waals surface area contributed by atoms with Crippen LogP contribution in [0.1, 0.15) is 18.9 Å². The van der Waals surface area contributed by atoms with Gasteiger partial charge in [-0.15, -0.1) is 0 Å². The third-order valence-corrected chi connectivity index (χ3v) is 4.00. The summed E-state index contributed by atoms with van der Waals surface area (Å²) in [6.07, 6.45) is 0.636. The van der Waals surface area contributed by atoms with E-state index < -0.39 is 11.9 Å². The molecule has 8 heteroatoms. The minimum Gasteiger partial charge on any atom is -0.369 e. The van der Waals surface area contributed by atoms with E-state index in [1.54, 1.807) is 16.7 Å². The fourth-order valence-corrected chi connectivity index (χ4v) is 2.68. The number of carbonyl (C=O) groups is 2. The Morgan fingerprint density at radius 1 is 1.30 bits per heavy atom. The highest BCUT2D eigenvalue weighted by Gasteiger charge is 2.30. The summed E-state index contributed by atoms with van der Waals surface area (Å²) in [6.45, 7) is 0. The lowest BCUT2D eigenvalue weighted by atomic mass is 10.1. The van der Waals surface area contributed by atoms with Crippen molar-refractivity contribution in [3.63, 3.8) is 0 Å². The van der Waals surface area contributed by atoms with E-state index in [2.05, 4.69) is 10.3 Å². The molecule has 1 aromatic carbocycles. The van der Waals surface area contributed by atoms with Crippen molar-refractivity contribution in [1.29, 1.82) is 0 Å².